The number of carbonyl (C=O) groups excluding carboxylic acids is 2. The lowest BCUT2D eigenvalue weighted by atomic mass is 9.96. The molecule has 0 radical (unpaired) electrons. The molecule has 3 aromatic carbocycles. The van der Waals surface area contributed by atoms with Crippen LogP contribution >= 0.6 is 0 Å². The molecule has 0 saturated carbocycles. The van der Waals surface area contributed by atoms with Crippen molar-refractivity contribution in [2.24, 2.45) is 0 Å². The first kappa shape index (κ1) is 29.2. The van der Waals surface area contributed by atoms with Crippen LogP contribution in [-0.2, 0) is 9.59 Å². The second-order valence-corrected chi connectivity index (χ2v) is 12.4. The van der Waals surface area contributed by atoms with Gasteiger partial charge in [-0.25, -0.2) is 0 Å². The molecule has 238 valence electrons. The van der Waals surface area contributed by atoms with E-state index in [0.717, 1.165) is 83.2 Å². The van der Waals surface area contributed by atoms with Crippen molar-refractivity contribution in [2.45, 2.75) is 0 Å². The van der Waals surface area contributed by atoms with Crippen molar-refractivity contribution in [2.75, 3.05) is 0 Å². The molecule has 0 fully saturated rings. The van der Waals surface area contributed by atoms with E-state index in [-0.39, 0.29) is 0 Å². The molecule has 1 aliphatic carbocycles. The van der Waals surface area contributed by atoms with Crippen molar-refractivity contribution in [3.8, 4) is 0 Å². The molecule has 6 nitrogen and oxygen atoms in total. The first-order chi connectivity index (χ1) is 24.6. The molecule has 0 amide bonds. The summed E-state index contributed by atoms with van der Waals surface area (Å²) in [6.45, 7) is 0. The summed E-state index contributed by atoms with van der Waals surface area (Å²) >= 11 is 0. The standard InChI is InChI=1S/C44H30N4O2/c49-39-25-16-30(26-40(39)50)44-37-23-21-35(47-37)42(28-12-6-2-7-13-28)33-19-17-31(45-33)41(27-10-4-1-5-11-27)32-18-20-34(46-32)43(29-14-8-3-9-15-29)36-22-24-38(44)48-36/h1-26,45-48H/b41-31-,41-32?,42-33-,42-35?,43-34?,43-36-,44-37?,44-38-. The van der Waals surface area contributed by atoms with Gasteiger partial charge in [0.25, 0.3) is 0 Å². The Morgan fingerprint density at radius 2 is 0.680 bits per heavy atom. The Bertz CT molecular complexity index is 2770. The Hall–Kier alpha value is -6.92. The molecule has 0 unspecified atom stereocenters. The molecule has 4 aromatic heterocycles. The van der Waals surface area contributed by atoms with Crippen molar-refractivity contribution in [1.82, 2.24) is 19.9 Å². The molecule has 8 bridgehead atoms. The fraction of sp³-hybridized carbons (Fsp3) is 0. The van der Waals surface area contributed by atoms with E-state index < -0.39 is 11.6 Å². The van der Waals surface area contributed by atoms with Gasteiger partial charge in [-0.1, -0.05) is 97.1 Å². The second kappa shape index (κ2) is 12.0. The van der Waals surface area contributed by atoms with Crippen LogP contribution < -0.4 is 21.4 Å². The molecule has 9 rings (SSSR count). The third-order valence-electron chi connectivity index (χ3n) is 9.32. The summed E-state index contributed by atoms with van der Waals surface area (Å²) in [5, 5.41) is 3.63. The van der Waals surface area contributed by atoms with E-state index >= 15 is 0 Å². The van der Waals surface area contributed by atoms with Gasteiger partial charge in [-0.15, -0.1) is 0 Å². The van der Waals surface area contributed by atoms with Crippen molar-refractivity contribution in [3.05, 3.63) is 224 Å². The zero-order valence-electron chi connectivity index (χ0n) is 26.8. The van der Waals surface area contributed by atoms with Crippen LogP contribution in [0, 0.1) is 0 Å². The number of rotatable bonds is 4. The summed E-state index contributed by atoms with van der Waals surface area (Å²) in [6, 6.07) is 47.8. The van der Waals surface area contributed by atoms with E-state index in [1.807, 2.05) is 54.6 Å². The van der Waals surface area contributed by atoms with Gasteiger partial charge in [0.2, 0.25) is 11.6 Å². The number of hydrogen-bond acceptors (Lipinski definition) is 2. The molecular formula is C44H30N4O2. The smallest absolute Gasteiger partial charge is 0.226 e. The number of nitrogens with one attached hydrogen (secondary N) is 4. The van der Waals surface area contributed by atoms with Crippen molar-refractivity contribution >= 4 is 33.9 Å². The van der Waals surface area contributed by atoms with E-state index in [4.69, 9.17) is 0 Å². The van der Waals surface area contributed by atoms with Crippen LogP contribution in [0.1, 0.15) is 39.5 Å². The quantitative estimate of drug-likeness (QED) is 0.162. The van der Waals surface area contributed by atoms with Crippen LogP contribution in [0.2, 0.25) is 0 Å². The number of ketones is 2. The van der Waals surface area contributed by atoms with E-state index in [1.54, 1.807) is 6.08 Å². The maximum Gasteiger partial charge on any atom is 0.226 e. The monoisotopic (exact) mass is 646 g/mol. The van der Waals surface area contributed by atoms with E-state index in [1.165, 1.54) is 12.2 Å². The highest BCUT2D eigenvalue weighted by atomic mass is 16.2. The number of hydrogen-bond donors (Lipinski definition) is 4. The lowest BCUT2D eigenvalue weighted by Gasteiger charge is -2.11. The molecule has 4 N–H and O–H groups in total. The number of allylic oxidation sites excluding steroid dienone is 4. The van der Waals surface area contributed by atoms with Crippen LogP contribution in [0.15, 0.2) is 163 Å². The van der Waals surface area contributed by atoms with Crippen LogP contribution in [0.25, 0.3) is 22.3 Å². The normalized spacial score (nSPS) is 18.7. The fourth-order valence-corrected chi connectivity index (χ4v) is 7.05. The average Bonchev–Trinajstić information content (AvgIpc) is 3.99. The highest BCUT2D eigenvalue weighted by Gasteiger charge is 2.21. The minimum Gasteiger partial charge on any atom is -0.354 e. The predicted octanol–water partition coefficient (Wildman–Crippen LogP) is 4.89. The van der Waals surface area contributed by atoms with Crippen LogP contribution in [0.5, 0.6) is 0 Å². The molecule has 6 heteroatoms. The van der Waals surface area contributed by atoms with Gasteiger partial charge in [0.1, 0.15) is 0 Å². The molecule has 5 heterocycles. The molecule has 7 aromatic rings. The van der Waals surface area contributed by atoms with E-state index in [9.17, 15) is 9.59 Å². The minimum absolute atomic E-state index is 0.530. The largest absolute Gasteiger partial charge is 0.354 e. The van der Waals surface area contributed by atoms with Gasteiger partial charge in [-0.3, -0.25) is 9.59 Å². The highest BCUT2D eigenvalue weighted by molar-refractivity contribution is 6.47. The van der Waals surface area contributed by atoms with Gasteiger partial charge in [-0.2, -0.15) is 0 Å². The van der Waals surface area contributed by atoms with E-state index in [0.29, 0.717) is 5.57 Å². The summed E-state index contributed by atoms with van der Waals surface area (Å²) in [5.74, 6) is -1.07. The third-order valence-corrected chi connectivity index (χ3v) is 9.32. The van der Waals surface area contributed by atoms with Crippen molar-refractivity contribution in [1.29, 1.82) is 0 Å². The van der Waals surface area contributed by atoms with Gasteiger partial charge >= 0.3 is 0 Å². The van der Waals surface area contributed by atoms with Gasteiger partial charge in [-0.05, 0) is 82.9 Å². The Morgan fingerprint density at radius 1 is 0.320 bits per heavy atom. The number of aromatic amines is 4. The topological polar surface area (TPSA) is 97.3 Å². The summed E-state index contributed by atoms with van der Waals surface area (Å²) in [5.41, 5.74) is 11.3. The second-order valence-electron chi connectivity index (χ2n) is 12.4. The molecule has 50 heavy (non-hydrogen) atoms. The Morgan fingerprint density at radius 3 is 1.06 bits per heavy atom. The van der Waals surface area contributed by atoms with Gasteiger partial charge in [0, 0.05) is 66.5 Å². The number of carbonyl (C=O) groups is 2. The van der Waals surface area contributed by atoms with Crippen molar-refractivity contribution in [3.63, 3.8) is 0 Å². The minimum atomic E-state index is -0.544. The highest BCUT2D eigenvalue weighted by Crippen LogP contribution is 2.28. The third kappa shape index (κ3) is 5.07. The maximum absolute atomic E-state index is 12.7. The first-order valence-corrected chi connectivity index (χ1v) is 16.5. The molecule has 0 spiro atoms. The SMILES string of the molecule is O=C1C=CC(/C2=c3\cc/c([nH]3)=C(\c3ccccc3)c3ccc([nH]3)/C(c3ccccc3)=c3/cc/c([nH]3)=C(\c3ccccc3)c3ccc2[nH]3)=CC1=O. The maximum atomic E-state index is 12.7. The lowest BCUT2D eigenvalue weighted by molar-refractivity contribution is -0.131. The van der Waals surface area contributed by atoms with Crippen LogP contribution in [-0.4, -0.2) is 31.5 Å². The number of aromatic nitrogens is 4. The molecule has 2 aliphatic rings. The molecule has 0 saturated heterocycles. The zero-order valence-corrected chi connectivity index (χ0v) is 26.8. The number of benzene rings is 3. The van der Waals surface area contributed by atoms with Crippen LogP contribution in [0.3, 0.4) is 0 Å². The van der Waals surface area contributed by atoms with Crippen LogP contribution in [0.4, 0.5) is 0 Å². The Kier molecular flexibility index (Phi) is 6.99. The Labute approximate surface area is 286 Å². The summed E-state index contributed by atoms with van der Waals surface area (Å²) in [7, 11) is 0. The molecular weight excluding hydrogens is 617 g/mol. The van der Waals surface area contributed by atoms with Gasteiger partial charge < -0.3 is 19.9 Å². The average molecular weight is 647 g/mol. The fourth-order valence-electron chi connectivity index (χ4n) is 7.05. The zero-order chi connectivity index (χ0) is 33.6. The summed E-state index contributed by atoms with van der Waals surface area (Å²) in [6.07, 6.45) is 4.50. The lowest BCUT2D eigenvalue weighted by Crippen LogP contribution is -2.20. The predicted molar refractivity (Wildman–Crippen MR) is 196 cm³/mol. The van der Waals surface area contributed by atoms with Gasteiger partial charge in [0.15, 0.2) is 0 Å². The summed E-state index contributed by atoms with van der Waals surface area (Å²) < 4.78 is 0. The number of H-pyrrole nitrogens is 4. The van der Waals surface area contributed by atoms with Gasteiger partial charge in [0.05, 0.1) is 0 Å². The summed E-state index contributed by atoms with van der Waals surface area (Å²) in [4.78, 5) is 39.9. The first-order valence-electron chi connectivity index (χ1n) is 16.5. The Balaban J connectivity index is 1.43. The number of fused-ring (bicyclic) bond motifs is 8. The van der Waals surface area contributed by atoms with Crippen molar-refractivity contribution < 1.29 is 9.59 Å². The molecule has 0 atom stereocenters. The van der Waals surface area contributed by atoms with E-state index in [2.05, 4.69) is 105 Å². The molecule has 1 aliphatic heterocycles.